The molecule has 0 saturated heterocycles. The van der Waals surface area contributed by atoms with E-state index in [2.05, 4.69) is 11.9 Å². The Hall–Kier alpha value is -3.28. The molecule has 1 atom stereocenters. The minimum Gasteiger partial charge on any atom is -0.351 e. The summed E-state index contributed by atoms with van der Waals surface area (Å²) in [4.78, 5) is 31.7. The lowest BCUT2D eigenvalue weighted by molar-refractivity contribution is -0.394. The number of hydrogen-bond donors (Lipinski definition) is 1. The number of nitro groups is 2. The van der Waals surface area contributed by atoms with Gasteiger partial charge in [-0.05, 0) is 6.07 Å². The molecule has 0 unspecified atom stereocenters. The zero-order valence-corrected chi connectivity index (χ0v) is 10.7. The van der Waals surface area contributed by atoms with E-state index in [9.17, 15) is 25.0 Å². The van der Waals surface area contributed by atoms with Crippen LogP contribution in [0.4, 0.5) is 11.4 Å². The molecule has 108 valence electrons. The lowest BCUT2D eigenvalue weighted by Crippen LogP contribution is -2.29. The minimum atomic E-state index is -1.44. The van der Waals surface area contributed by atoms with Crippen molar-refractivity contribution in [3.8, 4) is 6.07 Å². The lowest BCUT2D eigenvalue weighted by Gasteiger charge is -2.09. The number of nitriles is 1. The van der Waals surface area contributed by atoms with Crippen LogP contribution in [0, 0.1) is 31.6 Å². The Bertz CT molecular complexity index is 650. The van der Waals surface area contributed by atoms with Crippen LogP contribution >= 0.6 is 0 Å². The summed E-state index contributed by atoms with van der Waals surface area (Å²) >= 11 is 0. The highest BCUT2D eigenvalue weighted by atomic mass is 16.6. The Morgan fingerprint density at radius 2 is 2.10 bits per heavy atom. The molecule has 1 aromatic carbocycles. The van der Waals surface area contributed by atoms with Crippen LogP contribution in [0.3, 0.4) is 0 Å². The van der Waals surface area contributed by atoms with E-state index in [0.29, 0.717) is 0 Å². The van der Waals surface area contributed by atoms with Crippen molar-refractivity contribution in [3.05, 3.63) is 56.6 Å². The van der Waals surface area contributed by atoms with Crippen LogP contribution in [0.25, 0.3) is 0 Å². The van der Waals surface area contributed by atoms with E-state index in [1.54, 1.807) is 6.07 Å². The zero-order valence-electron chi connectivity index (χ0n) is 10.7. The molecule has 0 aliphatic carbocycles. The van der Waals surface area contributed by atoms with Crippen molar-refractivity contribution in [2.45, 2.75) is 5.92 Å². The second-order valence-electron chi connectivity index (χ2n) is 3.85. The van der Waals surface area contributed by atoms with Crippen molar-refractivity contribution in [2.75, 3.05) is 6.54 Å². The van der Waals surface area contributed by atoms with E-state index in [4.69, 9.17) is 5.26 Å². The predicted octanol–water partition coefficient (Wildman–Crippen LogP) is 1.41. The first-order valence-electron chi connectivity index (χ1n) is 5.63. The van der Waals surface area contributed by atoms with Gasteiger partial charge in [-0.2, -0.15) is 5.26 Å². The standard InChI is InChI=1S/C12H10N4O5/c1-2-5-14-12(17)10(7-13)9-4-3-8(15(18)19)6-11(9)16(20)21/h2-4,6,10H,1,5H2,(H,14,17)/t10-/m1/s1. The molecular formula is C12H10N4O5. The topological polar surface area (TPSA) is 139 Å². The second-order valence-corrected chi connectivity index (χ2v) is 3.85. The summed E-state index contributed by atoms with van der Waals surface area (Å²) in [7, 11) is 0. The van der Waals surface area contributed by atoms with Crippen molar-refractivity contribution < 1.29 is 14.6 Å². The summed E-state index contributed by atoms with van der Waals surface area (Å²) in [5, 5.41) is 33.0. The molecule has 0 spiro atoms. The van der Waals surface area contributed by atoms with Gasteiger partial charge in [0.05, 0.1) is 27.5 Å². The van der Waals surface area contributed by atoms with Gasteiger partial charge in [0.1, 0.15) is 0 Å². The average Bonchev–Trinajstić information content (AvgIpc) is 2.45. The average molecular weight is 290 g/mol. The maximum atomic E-state index is 11.8. The van der Waals surface area contributed by atoms with Gasteiger partial charge in [-0.15, -0.1) is 6.58 Å². The van der Waals surface area contributed by atoms with Crippen molar-refractivity contribution in [1.29, 1.82) is 5.26 Å². The monoisotopic (exact) mass is 290 g/mol. The Balaban J connectivity index is 3.29. The predicted molar refractivity (Wildman–Crippen MR) is 71.3 cm³/mol. The zero-order chi connectivity index (χ0) is 16.0. The fraction of sp³-hybridized carbons (Fsp3) is 0.167. The third-order valence-electron chi connectivity index (χ3n) is 2.54. The number of rotatable bonds is 6. The molecule has 0 saturated carbocycles. The first-order valence-corrected chi connectivity index (χ1v) is 5.63. The maximum Gasteiger partial charge on any atom is 0.281 e. The fourth-order valence-corrected chi connectivity index (χ4v) is 1.59. The molecule has 0 fully saturated rings. The quantitative estimate of drug-likeness (QED) is 0.477. The molecule has 9 heteroatoms. The third-order valence-corrected chi connectivity index (χ3v) is 2.54. The molecule has 21 heavy (non-hydrogen) atoms. The van der Waals surface area contributed by atoms with Gasteiger partial charge in [-0.3, -0.25) is 25.0 Å². The highest BCUT2D eigenvalue weighted by Gasteiger charge is 2.29. The molecule has 0 radical (unpaired) electrons. The SMILES string of the molecule is C=CCNC(=O)[C@H](C#N)c1ccc([N+](=O)[O-])cc1[N+](=O)[O-]. The third kappa shape index (κ3) is 3.60. The molecule has 1 N–H and O–H groups in total. The van der Waals surface area contributed by atoms with Gasteiger partial charge in [0.25, 0.3) is 11.4 Å². The summed E-state index contributed by atoms with van der Waals surface area (Å²) < 4.78 is 0. The van der Waals surface area contributed by atoms with E-state index in [1.807, 2.05) is 0 Å². The summed E-state index contributed by atoms with van der Waals surface area (Å²) in [6.07, 6.45) is 1.39. The highest BCUT2D eigenvalue weighted by molar-refractivity contribution is 5.87. The molecule has 1 rings (SSSR count). The van der Waals surface area contributed by atoms with Gasteiger partial charge in [0.2, 0.25) is 5.91 Å². The summed E-state index contributed by atoms with van der Waals surface area (Å²) in [5.41, 5.74) is -1.34. The van der Waals surface area contributed by atoms with Gasteiger partial charge in [-0.25, -0.2) is 0 Å². The first kappa shape index (κ1) is 15.8. The number of carbonyl (C=O) groups is 1. The summed E-state index contributed by atoms with van der Waals surface area (Å²) in [6, 6.07) is 4.42. The normalized spacial score (nSPS) is 11.0. The Morgan fingerprint density at radius 1 is 1.43 bits per heavy atom. The van der Waals surface area contributed by atoms with Crippen LogP contribution in [-0.2, 0) is 4.79 Å². The van der Waals surface area contributed by atoms with Gasteiger partial charge < -0.3 is 5.32 Å². The first-order chi connectivity index (χ1) is 9.92. The van der Waals surface area contributed by atoms with E-state index in [-0.39, 0.29) is 12.1 Å². The van der Waals surface area contributed by atoms with Crippen LogP contribution in [-0.4, -0.2) is 22.3 Å². The second kappa shape index (κ2) is 6.76. The van der Waals surface area contributed by atoms with Crippen molar-refractivity contribution in [1.82, 2.24) is 5.32 Å². The number of nitro benzene ring substituents is 2. The molecule has 1 aromatic rings. The van der Waals surface area contributed by atoms with Crippen LogP contribution in [0.15, 0.2) is 30.9 Å². The van der Waals surface area contributed by atoms with E-state index >= 15 is 0 Å². The van der Waals surface area contributed by atoms with Gasteiger partial charge in [0.15, 0.2) is 5.92 Å². The van der Waals surface area contributed by atoms with Crippen LogP contribution in [0.5, 0.6) is 0 Å². The Kier molecular flexibility index (Phi) is 5.08. The molecule has 0 bridgehead atoms. The number of nitrogens with one attached hydrogen (secondary N) is 1. The Morgan fingerprint density at radius 3 is 2.57 bits per heavy atom. The molecule has 0 aliphatic heterocycles. The molecule has 1 amide bonds. The van der Waals surface area contributed by atoms with Gasteiger partial charge in [0, 0.05) is 12.6 Å². The number of carbonyl (C=O) groups excluding carboxylic acids is 1. The largest absolute Gasteiger partial charge is 0.351 e. The summed E-state index contributed by atoms with van der Waals surface area (Å²) in [5.74, 6) is -2.18. The Labute approximate surface area is 118 Å². The molecule has 0 heterocycles. The molecule has 0 aliphatic rings. The van der Waals surface area contributed by atoms with Crippen molar-refractivity contribution in [2.24, 2.45) is 0 Å². The van der Waals surface area contributed by atoms with Gasteiger partial charge >= 0.3 is 0 Å². The highest BCUT2D eigenvalue weighted by Crippen LogP contribution is 2.30. The number of hydrogen-bond acceptors (Lipinski definition) is 6. The van der Waals surface area contributed by atoms with Crippen LogP contribution in [0.1, 0.15) is 11.5 Å². The lowest BCUT2D eigenvalue weighted by atomic mass is 9.97. The molecule has 9 nitrogen and oxygen atoms in total. The van der Waals surface area contributed by atoms with E-state index in [1.165, 1.54) is 6.08 Å². The maximum absolute atomic E-state index is 11.8. The van der Waals surface area contributed by atoms with Gasteiger partial charge in [-0.1, -0.05) is 6.08 Å². The van der Waals surface area contributed by atoms with E-state index < -0.39 is 33.0 Å². The fourth-order valence-electron chi connectivity index (χ4n) is 1.59. The van der Waals surface area contributed by atoms with E-state index in [0.717, 1.165) is 18.2 Å². The van der Waals surface area contributed by atoms with Crippen molar-refractivity contribution >= 4 is 17.3 Å². The van der Waals surface area contributed by atoms with Crippen LogP contribution < -0.4 is 5.32 Å². The summed E-state index contributed by atoms with van der Waals surface area (Å²) in [6.45, 7) is 3.48. The molecule has 0 aromatic heterocycles. The number of amides is 1. The number of benzene rings is 1. The smallest absolute Gasteiger partial charge is 0.281 e. The van der Waals surface area contributed by atoms with Crippen molar-refractivity contribution in [3.63, 3.8) is 0 Å². The van der Waals surface area contributed by atoms with Crippen LogP contribution in [0.2, 0.25) is 0 Å². The molecular weight excluding hydrogens is 280 g/mol. The number of non-ortho nitro benzene ring substituents is 1. The minimum absolute atomic E-state index is 0.0950. The number of nitrogens with zero attached hydrogens (tertiary/aromatic N) is 3.